The fourth-order valence-corrected chi connectivity index (χ4v) is 3.85. The van der Waals surface area contributed by atoms with E-state index in [2.05, 4.69) is 50.6 Å². The number of aromatic nitrogens is 6. The van der Waals surface area contributed by atoms with Gasteiger partial charge < -0.3 is 31.2 Å². The van der Waals surface area contributed by atoms with Gasteiger partial charge in [-0.15, -0.1) is 0 Å². The van der Waals surface area contributed by atoms with E-state index in [4.69, 9.17) is 45.3 Å². The normalized spacial score (nSPS) is 13.5. The van der Waals surface area contributed by atoms with Gasteiger partial charge in [-0.2, -0.15) is 29.9 Å². The molecular weight excluding hydrogens is 629 g/mol. The quantitative estimate of drug-likeness (QED) is 0.161. The maximum atomic E-state index is 13.8. The van der Waals surface area contributed by atoms with Crippen LogP contribution in [0.4, 0.5) is 38.0 Å². The fourth-order valence-electron chi connectivity index (χ4n) is 3.24. The molecule has 2 aliphatic rings. The van der Waals surface area contributed by atoms with Crippen LogP contribution in [0.1, 0.15) is 25.7 Å². The van der Waals surface area contributed by atoms with Gasteiger partial charge in [0.25, 0.3) is 0 Å². The maximum absolute atomic E-state index is 13.8. The molecule has 0 aliphatic heterocycles. The van der Waals surface area contributed by atoms with Crippen molar-refractivity contribution in [1.82, 2.24) is 29.9 Å². The molecule has 0 radical (unpaired) electrons. The van der Waals surface area contributed by atoms with Crippen molar-refractivity contribution >= 4 is 64.0 Å². The molecule has 0 saturated heterocycles. The first-order valence-electron chi connectivity index (χ1n) is 12.8. The molecule has 12 nitrogen and oxygen atoms in total. The largest absolute Gasteiger partial charge is 0.494 e. The molecule has 2 aromatic carbocycles. The van der Waals surface area contributed by atoms with Crippen LogP contribution in [0.5, 0.6) is 11.5 Å². The predicted molar refractivity (Wildman–Crippen MR) is 162 cm³/mol. The van der Waals surface area contributed by atoms with Crippen molar-refractivity contribution in [3.05, 3.63) is 63.9 Å². The van der Waals surface area contributed by atoms with E-state index in [0.717, 1.165) is 25.7 Å². The Kier molecular flexibility index (Phi) is 11.1. The molecule has 17 heteroatoms. The molecule has 0 atom stereocenters. The van der Waals surface area contributed by atoms with Gasteiger partial charge in [-0.1, -0.05) is 0 Å². The molecule has 2 heterocycles. The Morgan fingerprint density at radius 2 is 1.12 bits per heavy atom. The maximum Gasteiger partial charge on any atom is 0.233 e. The Labute approximate surface area is 260 Å². The number of halogens is 5. The molecule has 0 amide bonds. The van der Waals surface area contributed by atoms with Crippen LogP contribution in [0.3, 0.4) is 0 Å². The van der Waals surface area contributed by atoms with Crippen LogP contribution in [0.15, 0.2) is 36.4 Å². The minimum absolute atomic E-state index is 0.000000000000000444. The monoisotopic (exact) mass is 654 g/mol. The van der Waals surface area contributed by atoms with Crippen molar-refractivity contribution in [3.8, 4) is 11.5 Å². The van der Waals surface area contributed by atoms with Crippen molar-refractivity contribution in [2.45, 2.75) is 37.8 Å². The van der Waals surface area contributed by atoms with Crippen LogP contribution in [-0.2, 0) is 0 Å². The minimum Gasteiger partial charge on any atom is -0.494 e. The Morgan fingerprint density at radius 1 is 0.674 bits per heavy atom. The van der Waals surface area contributed by atoms with Crippen molar-refractivity contribution in [2.24, 2.45) is 0 Å². The average Bonchev–Trinajstić information content (AvgIpc) is 3.87. The van der Waals surface area contributed by atoms with Gasteiger partial charge in [-0.3, -0.25) is 0 Å². The highest BCUT2D eigenvalue weighted by atomic mass is 35.5. The van der Waals surface area contributed by atoms with Gasteiger partial charge in [-0.05, 0) is 84.8 Å². The van der Waals surface area contributed by atoms with E-state index in [0.29, 0.717) is 41.3 Å². The molecular formula is C26H27Cl3F2N10O2. The van der Waals surface area contributed by atoms with Crippen molar-refractivity contribution in [3.63, 3.8) is 0 Å². The van der Waals surface area contributed by atoms with E-state index in [9.17, 15) is 8.78 Å². The van der Waals surface area contributed by atoms with Crippen LogP contribution < -0.4 is 31.2 Å². The topological polar surface area (TPSA) is 158 Å². The zero-order chi connectivity index (χ0) is 30.9. The van der Waals surface area contributed by atoms with Crippen LogP contribution in [0.25, 0.3) is 0 Å². The summed E-state index contributed by atoms with van der Waals surface area (Å²) in [5, 5.41) is 9.57. The van der Waals surface area contributed by atoms with Gasteiger partial charge >= 0.3 is 0 Å². The highest BCUT2D eigenvalue weighted by Crippen LogP contribution is 2.28. The molecule has 228 valence electrons. The Bertz CT molecular complexity index is 1460. The first kappa shape index (κ1) is 31.9. The van der Waals surface area contributed by atoms with Crippen LogP contribution in [0, 0.1) is 11.6 Å². The third-order valence-corrected chi connectivity index (χ3v) is 6.10. The Balaban J connectivity index is 0.000000183. The van der Waals surface area contributed by atoms with Gasteiger partial charge in [0.05, 0.1) is 14.2 Å². The summed E-state index contributed by atoms with van der Waals surface area (Å²) in [7, 11) is 2.84. The number of benzene rings is 2. The summed E-state index contributed by atoms with van der Waals surface area (Å²) in [6, 6.07) is 9.80. The number of anilines is 5. The SMILES string of the molecule is COc1ccc(N)cc1F.COc1ccc(Nc2nc(NC3CC3)nc(NC3CC3)n2)cc1F.Clc1nc(Cl)nc(Cl)n1. The lowest BCUT2D eigenvalue weighted by atomic mass is 10.3. The summed E-state index contributed by atoms with van der Waals surface area (Å²) < 4.78 is 36.1. The Hall–Kier alpha value is -4.01. The highest BCUT2D eigenvalue weighted by Gasteiger charge is 2.25. The summed E-state index contributed by atoms with van der Waals surface area (Å²) in [6.07, 6.45) is 4.51. The fraction of sp³-hybridized carbons (Fsp3) is 0.308. The number of nitrogens with two attached hydrogens (primary N) is 1. The number of nitrogens with zero attached hydrogens (tertiary/aromatic N) is 6. The molecule has 2 aliphatic carbocycles. The number of hydrogen-bond acceptors (Lipinski definition) is 12. The van der Waals surface area contributed by atoms with E-state index in [1.54, 1.807) is 18.2 Å². The van der Waals surface area contributed by atoms with Gasteiger partial charge in [0.1, 0.15) is 0 Å². The number of methoxy groups -OCH3 is 2. The number of nitrogens with one attached hydrogen (secondary N) is 3. The van der Waals surface area contributed by atoms with Gasteiger partial charge in [0.2, 0.25) is 33.7 Å². The summed E-state index contributed by atoms with van der Waals surface area (Å²) >= 11 is 16.0. The molecule has 2 saturated carbocycles. The summed E-state index contributed by atoms with van der Waals surface area (Å²) in [6.45, 7) is 0. The van der Waals surface area contributed by atoms with E-state index < -0.39 is 11.6 Å². The van der Waals surface area contributed by atoms with Crippen LogP contribution in [-0.4, -0.2) is 56.2 Å². The van der Waals surface area contributed by atoms with E-state index in [-0.39, 0.29) is 27.3 Å². The zero-order valence-corrected chi connectivity index (χ0v) is 25.2. The molecule has 6 rings (SSSR count). The molecule has 0 bridgehead atoms. The summed E-state index contributed by atoms with van der Waals surface area (Å²) in [5.41, 5.74) is 6.24. The highest BCUT2D eigenvalue weighted by molar-refractivity contribution is 6.33. The molecule has 43 heavy (non-hydrogen) atoms. The zero-order valence-electron chi connectivity index (χ0n) is 22.9. The molecule has 0 spiro atoms. The van der Waals surface area contributed by atoms with Crippen molar-refractivity contribution < 1.29 is 18.3 Å². The molecule has 0 unspecified atom stereocenters. The Morgan fingerprint density at radius 3 is 1.53 bits per heavy atom. The molecule has 2 aromatic heterocycles. The molecule has 5 N–H and O–H groups in total. The second-order valence-electron chi connectivity index (χ2n) is 9.15. The number of hydrogen-bond donors (Lipinski definition) is 4. The second-order valence-corrected chi connectivity index (χ2v) is 10.2. The smallest absolute Gasteiger partial charge is 0.233 e. The standard InChI is InChI=1S/C16H19FN6O.C7H8FNO.C3Cl3N3/c1-24-13-7-6-11(8-12(13)17)20-16-22-14(18-9-2-3-9)21-15(23-16)19-10-4-5-10;1-10-7-3-2-5(9)4-6(7)8;4-1-7-2(5)9-3(6)8-1/h6-10H,2-5H2,1H3,(H3,18,19,20,21,22,23);2-4H,9H2,1H3;. The van der Waals surface area contributed by atoms with Crippen molar-refractivity contribution in [2.75, 3.05) is 35.9 Å². The third kappa shape index (κ3) is 10.6. The molecule has 4 aromatic rings. The lowest BCUT2D eigenvalue weighted by Crippen LogP contribution is -2.13. The van der Waals surface area contributed by atoms with E-state index in [1.165, 1.54) is 32.4 Å². The molecule has 2 fully saturated rings. The van der Waals surface area contributed by atoms with E-state index >= 15 is 0 Å². The number of ether oxygens (including phenoxy) is 2. The first-order chi connectivity index (χ1) is 20.6. The lowest BCUT2D eigenvalue weighted by molar-refractivity contribution is 0.386. The average molecular weight is 656 g/mol. The minimum atomic E-state index is -0.441. The lowest BCUT2D eigenvalue weighted by Gasteiger charge is -2.11. The number of nitrogen functional groups attached to an aromatic ring is 1. The summed E-state index contributed by atoms with van der Waals surface area (Å²) in [4.78, 5) is 23.5. The van der Waals surface area contributed by atoms with Gasteiger partial charge in [-0.25, -0.2) is 8.78 Å². The van der Waals surface area contributed by atoms with Gasteiger partial charge in [0.15, 0.2) is 23.1 Å². The second kappa shape index (κ2) is 14.9. The van der Waals surface area contributed by atoms with Crippen LogP contribution >= 0.6 is 34.8 Å². The number of rotatable bonds is 8. The van der Waals surface area contributed by atoms with E-state index in [1.807, 2.05) is 0 Å². The first-order valence-corrected chi connectivity index (χ1v) is 14.0. The van der Waals surface area contributed by atoms with Crippen LogP contribution in [0.2, 0.25) is 15.9 Å². The van der Waals surface area contributed by atoms with Crippen molar-refractivity contribution in [1.29, 1.82) is 0 Å². The summed E-state index contributed by atoms with van der Waals surface area (Å²) in [5.74, 6) is 0.990. The third-order valence-electron chi connectivity index (χ3n) is 5.59. The van der Waals surface area contributed by atoms with Gasteiger partial charge in [0, 0.05) is 35.6 Å². The predicted octanol–water partition coefficient (Wildman–Crippen LogP) is 6.16.